The molecule has 0 aliphatic heterocycles. The van der Waals surface area contributed by atoms with Crippen LogP contribution in [0.25, 0.3) is 17.0 Å². The first-order chi connectivity index (χ1) is 8.93. The highest BCUT2D eigenvalue weighted by molar-refractivity contribution is 5.67. The van der Waals surface area contributed by atoms with Gasteiger partial charge >= 0.3 is 0 Å². The SMILES string of the molecule is C1=CCCC(c2cccc(-c3ccccn3)n2)=C1. The molecule has 0 fully saturated rings. The van der Waals surface area contributed by atoms with Crippen LogP contribution in [0.15, 0.2) is 60.8 Å². The molecule has 0 bridgehead atoms. The zero-order chi connectivity index (χ0) is 12.2. The minimum atomic E-state index is 0.923. The second kappa shape index (κ2) is 4.96. The van der Waals surface area contributed by atoms with Crippen molar-refractivity contribution in [3.63, 3.8) is 0 Å². The lowest BCUT2D eigenvalue weighted by Gasteiger charge is -2.09. The van der Waals surface area contributed by atoms with E-state index in [0.29, 0.717) is 0 Å². The predicted octanol–water partition coefficient (Wildman–Crippen LogP) is 3.88. The molecule has 0 radical (unpaired) electrons. The smallest absolute Gasteiger partial charge is 0.0893 e. The van der Waals surface area contributed by atoms with E-state index in [1.807, 2.05) is 30.3 Å². The van der Waals surface area contributed by atoms with Crippen molar-refractivity contribution in [1.82, 2.24) is 9.97 Å². The van der Waals surface area contributed by atoms with E-state index in [2.05, 4.69) is 29.3 Å². The van der Waals surface area contributed by atoms with Crippen LogP contribution in [0, 0.1) is 0 Å². The summed E-state index contributed by atoms with van der Waals surface area (Å²) >= 11 is 0. The Balaban J connectivity index is 1.99. The lowest BCUT2D eigenvalue weighted by Crippen LogP contribution is -1.94. The van der Waals surface area contributed by atoms with Crippen LogP contribution < -0.4 is 0 Å². The number of nitrogens with zero attached hydrogens (tertiary/aromatic N) is 2. The van der Waals surface area contributed by atoms with Crippen molar-refractivity contribution in [2.45, 2.75) is 12.8 Å². The number of aromatic nitrogens is 2. The van der Waals surface area contributed by atoms with Gasteiger partial charge in [-0.15, -0.1) is 0 Å². The van der Waals surface area contributed by atoms with Crippen molar-refractivity contribution in [3.05, 3.63) is 66.5 Å². The minimum Gasteiger partial charge on any atom is -0.255 e. The van der Waals surface area contributed by atoms with Gasteiger partial charge in [0, 0.05) is 6.20 Å². The maximum atomic E-state index is 4.70. The second-order valence-electron chi connectivity index (χ2n) is 4.28. The van der Waals surface area contributed by atoms with E-state index in [9.17, 15) is 0 Å². The van der Waals surface area contributed by atoms with Crippen molar-refractivity contribution in [2.24, 2.45) is 0 Å². The Bertz CT molecular complexity index is 598. The van der Waals surface area contributed by atoms with Gasteiger partial charge in [0.2, 0.25) is 0 Å². The Morgan fingerprint density at radius 1 is 0.889 bits per heavy atom. The minimum absolute atomic E-state index is 0.923. The Morgan fingerprint density at radius 3 is 2.56 bits per heavy atom. The monoisotopic (exact) mass is 234 g/mol. The van der Waals surface area contributed by atoms with Crippen molar-refractivity contribution < 1.29 is 0 Å². The first-order valence-electron chi connectivity index (χ1n) is 6.18. The van der Waals surface area contributed by atoms with Crippen LogP contribution in [-0.4, -0.2) is 9.97 Å². The molecule has 0 saturated carbocycles. The van der Waals surface area contributed by atoms with Gasteiger partial charge in [-0.3, -0.25) is 4.98 Å². The first-order valence-corrected chi connectivity index (χ1v) is 6.18. The van der Waals surface area contributed by atoms with Gasteiger partial charge in [0.25, 0.3) is 0 Å². The molecule has 2 aromatic heterocycles. The summed E-state index contributed by atoms with van der Waals surface area (Å²) in [7, 11) is 0. The first kappa shape index (κ1) is 10.9. The van der Waals surface area contributed by atoms with Crippen LogP contribution in [0.5, 0.6) is 0 Å². The summed E-state index contributed by atoms with van der Waals surface area (Å²) in [6.45, 7) is 0. The van der Waals surface area contributed by atoms with Gasteiger partial charge in [0.05, 0.1) is 17.1 Å². The molecular weight excluding hydrogens is 220 g/mol. The topological polar surface area (TPSA) is 25.8 Å². The predicted molar refractivity (Wildman–Crippen MR) is 73.8 cm³/mol. The molecule has 0 spiro atoms. The molecule has 0 unspecified atom stereocenters. The Hall–Kier alpha value is -2.22. The van der Waals surface area contributed by atoms with Gasteiger partial charge in [-0.25, -0.2) is 4.98 Å². The molecule has 2 heterocycles. The molecule has 3 rings (SSSR count). The molecule has 1 aliphatic rings. The third-order valence-corrected chi connectivity index (χ3v) is 3.02. The summed E-state index contributed by atoms with van der Waals surface area (Å²) < 4.78 is 0. The lowest BCUT2D eigenvalue weighted by atomic mass is 10.0. The van der Waals surface area contributed by atoms with Crippen molar-refractivity contribution in [2.75, 3.05) is 0 Å². The summed E-state index contributed by atoms with van der Waals surface area (Å²) in [6, 6.07) is 12.0. The largest absolute Gasteiger partial charge is 0.255 e. The number of allylic oxidation sites excluding steroid dienone is 4. The van der Waals surface area contributed by atoms with Crippen LogP contribution >= 0.6 is 0 Å². The van der Waals surface area contributed by atoms with Gasteiger partial charge in [-0.05, 0) is 42.7 Å². The van der Waals surface area contributed by atoms with Gasteiger partial charge in [0.1, 0.15) is 0 Å². The molecule has 0 amide bonds. The number of hydrogen-bond acceptors (Lipinski definition) is 2. The van der Waals surface area contributed by atoms with Gasteiger partial charge in [-0.1, -0.05) is 30.4 Å². The molecule has 1 aliphatic carbocycles. The fourth-order valence-electron chi connectivity index (χ4n) is 2.09. The van der Waals surface area contributed by atoms with Crippen LogP contribution in [0.2, 0.25) is 0 Å². The number of pyridine rings is 2. The third-order valence-electron chi connectivity index (χ3n) is 3.02. The summed E-state index contributed by atoms with van der Waals surface area (Å²) in [5, 5.41) is 0. The summed E-state index contributed by atoms with van der Waals surface area (Å²) in [5.41, 5.74) is 4.22. The zero-order valence-electron chi connectivity index (χ0n) is 10.1. The van der Waals surface area contributed by atoms with Gasteiger partial charge in [0.15, 0.2) is 0 Å². The van der Waals surface area contributed by atoms with Crippen LogP contribution in [-0.2, 0) is 0 Å². The Kier molecular flexibility index (Phi) is 3.01. The highest BCUT2D eigenvalue weighted by Crippen LogP contribution is 2.23. The van der Waals surface area contributed by atoms with Gasteiger partial charge in [-0.2, -0.15) is 0 Å². The lowest BCUT2D eigenvalue weighted by molar-refractivity contribution is 1.04. The van der Waals surface area contributed by atoms with E-state index < -0.39 is 0 Å². The van der Waals surface area contributed by atoms with E-state index in [-0.39, 0.29) is 0 Å². The van der Waals surface area contributed by atoms with Crippen molar-refractivity contribution >= 4 is 5.57 Å². The zero-order valence-corrected chi connectivity index (χ0v) is 10.1. The van der Waals surface area contributed by atoms with E-state index >= 15 is 0 Å². The Morgan fingerprint density at radius 2 is 1.78 bits per heavy atom. The molecule has 88 valence electrons. The highest BCUT2D eigenvalue weighted by atomic mass is 14.8. The van der Waals surface area contributed by atoms with Crippen molar-refractivity contribution in [3.8, 4) is 11.4 Å². The summed E-state index contributed by atoms with van der Waals surface area (Å²) in [6.07, 6.45) is 10.4. The molecule has 2 heteroatoms. The molecule has 0 N–H and O–H groups in total. The van der Waals surface area contributed by atoms with Crippen molar-refractivity contribution in [1.29, 1.82) is 0 Å². The van der Waals surface area contributed by atoms with Gasteiger partial charge < -0.3 is 0 Å². The quantitative estimate of drug-likeness (QED) is 0.788. The van der Waals surface area contributed by atoms with Crippen LogP contribution in [0.4, 0.5) is 0 Å². The average molecular weight is 234 g/mol. The van der Waals surface area contributed by atoms with E-state index in [1.165, 1.54) is 5.57 Å². The fourth-order valence-corrected chi connectivity index (χ4v) is 2.09. The highest BCUT2D eigenvalue weighted by Gasteiger charge is 2.06. The van der Waals surface area contributed by atoms with Crippen LogP contribution in [0.1, 0.15) is 18.5 Å². The second-order valence-corrected chi connectivity index (χ2v) is 4.28. The molecule has 18 heavy (non-hydrogen) atoms. The molecular formula is C16H14N2. The molecule has 0 saturated heterocycles. The van der Waals surface area contributed by atoms with E-state index in [4.69, 9.17) is 4.98 Å². The Labute approximate surface area is 107 Å². The summed E-state index contributed by atoms with van der Waals surface area (Å²) in [5.74, 6) is 0. The standard InChI is InChI=1S/C16H14N2/c1-2-7-13(8-3-1)14-10-6-11-16(18-14)15-9-4-5-12-17-15/h1-2,4-7,9-12H,3,8H2. The molecule has 0 aromatic carbocycles. The maximum absolute atomic E-state index is 4.70. The maximum Gasteiger partial charge on any atom is 0.0893 e. The average Bonchev–Trinajstić information content (AvgIpc) is 2.49. The van der Waals surface area contributed by atoms with E-state index in [1.54, 1.807) is 6.20 Å². The number of rotatable bonds is 2. The molecule has 2 aromatic rings. The summed E-state index contributed by atoms with van der Waals surface area (Å²) in [4.78, 5) is 9.04. The normalized spacial score (nSPS) is 14.3. The molecule has 0 atom stereocenters. The number of hydrogen-bond donors (Lipinski definition) is 0. The van der Waals surface area contributed by atoms with Crippen LogP contribution in [0.3, 0.4) is 0 Å². The molecule has 2 nitrogen and oxygen atoms in total. The third kappa shape index (κ3) is 2.23. The fraction of sp³-hybridized carbons (Fsp3) is 0.125. The van der Waals surface area contributed by atoms with E-state index in [0.717, 1.165) is 29.9 Å².